The standard InChI is InChI=1S/C11H10BrN2O2.C2H6/c1-8-3-2-4-13-11(8)16-10-5-9(12)6-14(15)7-10;1-2/h2-7,15H,1H3;1-2H3/q+1;. The third-order valence-electron chi connectivity index (χ3n) is 1.97. The largest absolute Gasteiger partial charge is 0.432 e. The minimum absolute atomic E-state index is 0.513. The molecule has 0 radical (unpaired) electrons. The maximum atomic E-state index is 9.33. The number of hydrogen-bond donors (Lipinski definition) is 1. The van der Waals surface area contributed by atoms with Gasteiger partial charge in [-0.15, -0.1) is 0 Å². The molecule has 2 heterocycles. The van der Waals surface area contributed by atoms with E-state index in [0.717, 1.165) is 14.8 Å². The second-order valence-corrected chi connectivity index (χ2v) is 4.21. The Labute approximate surface area is 115 Å². The number of nitrogens with zero attached hydrogens (tertiary/aromatic N) is 2. The third kappa shape index (κ3) is 4.00. The summed E-state index contributed by atoms with van der Waals surface area (Å²) in [6.07, 6.45) is 4.63. The number of rotatable bonds is 2. The SMILES string of the molecule is CC.Cc1cccnc1Oc1cc(Br)c[n+](O)c1. The van der Waals surface area contributed by atoms with Crippen LogP contribution in [0.25, 0.3) is 0 Å². The molecule has 0 aliphatic rings. The normalized spacial score (nSPS) is 9.33. The van der Waals surface area contributed by atoms with E-state index in [1.807, 2.05) is 32.9 Å². The van der Waals surface area contributed by atoms with Gasteiger partial charge in [-0.2, -0.15) is 0 Å². The molecule has 96 valence electrons. The van der Waals surface area contributed by atoms with Crippen LogP contribution in [0.15, 0.2) is 41.3 Å². The van der Waals surface area contributed by atoms with Crippen molar-refractivity contribution in [3.05, 3.63) is 46.8 Å². The summed E-state index contributed by atoms with van der Waals surface area (Å²) >= 11 is 3.26. The van der Waals surface area contributed by atoms with Crippen molar-refractivity contribution >= 4 is 15.9 Å². The maximum Gasteiger partial charge on any atom is 0.264 e. The van der Waals surface area contributed by atoms with Crippen LogP contribution in [-0.2, 0) is 0 Å². The molecule has 0 aliphatic carbocycles. The van der Waals surface area contributed by atoms with E-state index in [2.05, 4.69) is 20.9 Å². The summed E-state index contributed by atoms with van der Waals surface area (Å²) in [6, 6.07) is 5.50. The Kier molecular flexibility index (Phi) is 5.58. The first-order valence-electron chi connectivity index (χ1n) is 5.66. The first-order chi connectivity index (χ1) is 8.65. The number of halogens is 1. The van der Waals surface area contributed by atoms with E-state index in [-0.39, 0.29) is 0 Å². The van der Waals surface area contributed by atoms with Crippen LogP contribution in [0.2, 0.25) is 0 Å². The zero-order chi connectivity index (χ0) is 13.5. The molecule has 0 saturated carbocycles. The highest BCUT2D eigenvalue weighted by Crippen LogP contribution is 2.23. The van der Waals surface area contributed by atoms with E-state index in [0.29, 0.717) is 11.6 Å². The van der Waals surface area contributed by atoms with Gasteiger partial charge in [-0.25, -0.2) is 4.98 Å². The highest BCUT2D eigenvalue weighted by atomic mass is 79.9. The maximum absolute atomic E-state index is 9.33. The van der Waals surface area contributed by atoms with E-state index >= 15 is 0 Å². The lowest BCUT2D eigenvalue weighted by Gasteiger charge is -2.04. The fourth-order valence-corrected chi connectivity index (χ4v) is 1.69. The lowest BCUT2D eigenvalue weighted by molar-refractivity contribution is -0.905. The van der Waals surface area contributed by atoms with E-state index in [1.54, 1.807) is 12.3 Å². The summed E-state index contributed by atoms with van der Waals surface area (Å²) in [5.41, 5.74) is 0.937. The first kappa shape index (κ1) is 14.4. The summed E-state index contributed by atoms with van der Waals surface area (Å²) in [6.45, 7) is 5.91. The summed E-state index contributed by atoms with van der Waals surface area (Å²) in [5, 5.41) is 9.33. The van der Waals surface area contributed by atoms with Gasteiger partial charge in [0, 0.05) is 22.6 Å². The number of ether oxygens (including phenoxy) is 1. The molecule has 0 fully saturated rings. The fourth-order valence-electron chi connectivity index (χ4n) is 1.25. The van der Waals surface area contributed by atoms with Crippen molar-refractivity contribution in [2.75, 3.05) is 0 Å². The Morgan fingerprint density at radius 3 is 2.67 bits per heavy atom. The van der Waals surface area contributed by atoms with Crippen LogP contribution in [0, 0.1) is 6.92 Å². The van der Waals surface area contributed by atoms with Crippen LogP contribution in [-0.4, -0.2) is 10.2 Å². The van der Waals surface area contributed by atoms with Crippen LogP contribution < -0.4 is 9.47 Å². The van der Waals surface area contributed by atoms with Gasteiger partial charge in [0.1, 0.15) is 0 Å². The molecule has 0 bridgehead atoms. The van der Waals surface area contributed by atoms with Crippen molar-refractivity contribution in [1.82, 2.24) is 4.98 Å². The monoisotopic (exact) mass is 311 g/mol. The zero-order valence-corrected chi connectivity index (χ0v) is 12.2. The van der Waals surface area contributed by atoms with Gasteiger partial charge >= 0.3 is 0 Å². The zero-order valence-electron chi connectivity index (χ0n) is 10.6. The average molecular weight is 312 g/mol. The Balaban J connectivity index is 0.000000771. The number of aryl methyl sites for hydroxylation is 1. The lowest BCUT2D eigenvalue weighted by atomic mass is 10.3. The molecule has 0 amide bonds. The minimum Gasteiger partial charge on any atom is -0.432 e. The Hall–Kier alpha value is -1.62. The molecule has 18 heavy (non-hydrogen) atoms. The predicted octanol–water partition coefficient (Wildman–Crippen LogP) is 3.50. The minimum atomic E-state index is 0.513. The van der Waals surface area contributed by atoms with Crippen molar-refractivity contribution in [3.63, 3.8) is 0 Å². The van der Waals surface area contributed by atoms with Gasteiger partial charge in [-0.3, -0.25) is 5.21 Å². The topological polar surface area (TPSA) is 46.2 Å². The van der Waals surface area contributed by atoms with Gasteiger partial charge in [-0.05, 0) is 28.9 Å². The molecular weight excluding hydrogens is 296 g/mol. The van der Waals surface area contributed by atoms with Gasteiger partial charge in [0.05, 0.1) is 4.47 Å². The van der Waals surface area contributed by atoms with Crippen molar-refractivity contribution in [3.8, 4) is 11.6 Å². The molecule has 0 spiro atoms. The molecule has 2 rings (SSSR count). The second kappa shape index (κ2) is 6.96. The van der Waals surface area contributed by atoms with Crippen LogP contribution in [0.3, 0.4) is 0 Å². The predicted molar refractivity (Wildman–Crippen MR) is 71.9 cm³/mol. The Morgan fingerprint density at radius 2 is 2.06 bits per heavy atom. The molecular formula is C13H16BrN2O2+. The van der Waals surface area contributed by atoms with Crippen LogP contribution >= 0.6 is 15.9 Å². The Morgan fingerprint density at radius 1 is 1.33 bits per heavy atom. The molecule has 0 atom stereocenters. The van der Waals surface area contributed by atoms with Crippen LogP contribution in [0.1, 0.15) is 19.4 Å². The average Bonchev–Trinajstić information content (AvgIpc) is 2.33. The first-order valence-corrected chi connectivity index (χ1v) is 6.45. The summed E-state index contributed by atoms with van der Waals surface area (Å²) in [4.78, 5) is 4.10. The van der Waals surface area contributed by atoms with Gasteiger partial charge in [0.15, 0.2) is 5.75 Å². The van der Waals surface area contributed by atoms with Gasteiger partial charge < -0.3 is 4.74 Å². The summed E-state index contributed by atoms with van der Waals surface area (Å²) in [7, 11) is 0. The fraction of sp³-hybridized carbons (Fsp3) is 0.231. The molecule has 0 unspecified atom stereocenters. The molecule has 4 nitrogen and oxygen atoms in total. The van der Waals surface area contributed by atoms with Crippen molar-refractivity contribution in [2.45, 2.75) is 20.8 Å². The second-order valence-electron chi connectivity index (χ2n) is 3.30. The molecule has 0 saturated heterocycles. The summed E-state index contributed by atoms with van der Waals surface area (Å²) in [5.74, 6) is 1.04. The highest BCUT2D eigenvalue weighted by Gasteiger charge is 2.08. The smallest absolute Gasteiger partial charge is 0.264 e. The molecule has 1 N–H and O–H groups in total. The highest BCUT2D eigenvalue weighted by molar-refractivity contribution is 9.10. The van der Waals surface area contributed by atoms with Crippen molar-refractivity contribution in [1.29, 1.82) is 0 Å². The van der Waals surface area contributed by atoms with Gasteiger partial charge in [-0.1, -0.05) is 19.9 Å². The van der Waals surface area contributed by atoms with E-state index in [9.17, 15) is 5.21 Å². The van der Waals surface area contributed by atoms with Crippen molar-refractivity contribution in [2.24, 2.45) is 0 Å². The van der Waals surface area contributed by atoms with Crippen LogP contribution in [0.5, 0.6) is 11.6 Å². The van der Waals surface area contributed by atoms with E-state index in [1.165, 1.54) is 12.4 Å². The summed E-state index contributed by atoms with van der Waals surface area (Å²) < 4.78 is 7.20. The quantitative estimate of drug-likeness (QED) is 0.682. The molecule has 5 heteroatoms. The van der Waals surface area contributed by atoms with Crippen LogP contribution in [0.4, 0.5) is 0 Å². The van der Waals surface area contributed by atoms with Gasteiger partial charge in [0.2, 0.25) is 12.1 Å². The molecule has 2 aromatic rings. The van der Waals surface area contributed by atoms with E-state index in [4.69, 9.17) is 4.74 Å². The number of hydrogen-bond acceptors (Lipinski definition) is 3. The number of pyridine rings is 2. The Bertz CT molecular complexity index is 498. The third-order valence-corrected chi connectivity index (χ3v) is 2.40. The molecule has 2 aromatic heterocycles. The van der Waals surface area contributed by atoms with E-state index < -0.39 is 0 Å². The van der Waals surface area contributed by atoms with Gasteiger partial charge in [0.25, 0.3) is 6.20 Å². The molecule has 0 aliphatic heterocycles. The lowest BCUT2D eigenvalue weighted by Crippen LogP contribution is -2.28. The van der Waals surface area contributed by atoms with Crippen molar-refractivity contribution < 1.29 is 14.7 Å². The number of aromatic nitrogens is 2. The molecule has 0 aromatic carbocycles.